The van der Waals surface area contributed by atoms with Crippen LogP contribution in [0.1, 0.15) is 51.4 Å². The molecule has 0 unspecified atom stereocenters. The summed E-state index contributed by atoms with van der Waals surface area (Å²) >= 11 is 0. The van der Waals surface area contributed by atoms with E-state index in [1.807, 2.05) is 42.5 Å². The van der Waals surface area contributed by atoms with Crippen LogP contribution in [0.25, 0.3) is 0 Å². The van der Waals surface area contributed by atoms with Gasteiger partial charge < -0.3 is 19.9 Å². The quantitative estimate of drug-likeness (QED) is 0.121. The first-order valence-electron chi connectivity index (χ1n) is 15.6. The Morgan fingerprint density at radius 2 is 1.38 bits per heavy atom. The predicted octanol–water partition coefficient (Wildman–Crippen LogP) is 6.49. The Balaban J connectivity index is 1.18. The molecule has 0 radical (unpaired) electrons. The van der Waals surface area contributed by atoms with E-state index in [1.54, 1.807) is 12.1 Å². The maximum Gasteiger partial charge on any atom is 0.261 e. The Labute approximate surface area is 274 Å². The minimum Gasteiger partial charge on any atom is -0.392 e. The Hall–Kier alpha value is -4.20. The van der Waals surface area contributed by atoms with Crippen molar-refractivity contribution in [3.8, 4) is 0 Å². The molecular formula is C36H34F5N3O4. The number of benzene rings is 4. The van der Waals surface area contributed by atoms with Gasteiger partial charge in [-0.1, -0.05) is 66.7 Å². The summed E-state index contributed by atoms with van der Waals surface area (Å²) in [5, 5.41) is 11.7. The van der Waals surface area contributed by atoms with Crippen LogP contribution in [0.2, 0.25) is 0 Å². The fourth-order valence-electron chi connectivity index (χ4n) is 6.05. The molecule has 1 amide bonds. The molecule has 6 rings (SSSR count). The molecular weight excluding hydrogens is 633 g/mol. The second-order valence-electron chi connectivity index (χ2n) is 11.9. The van der Waals surface area contributed by atoms with Crippen LogP contribution in [0, 0.1) is 29.1 Å². The van der Waals surface area contributed by atoms with Crippen LogP contribution >= 0.6 is 0 Å². The van der Waals surface area contributed by atoms with Crippen LogP contribution in [-0.2, 0) is 22.6 Å². The van der Waals surface area contributed by atoms with Gasteiger partial charge in [0.1, 0.15) is 5.56 Å². The number of nitrogens with one attached hydrogen (secondary N) is 1. The second kappa shape index (κ2) is 14.9. The highest BCUT2D eigenvalue weighted by atomic mass is 19.2. The van der Waals surface area contributed by atoms with Crippen molar-refractivity contribution in [1.29, 1.82) is 0 Å². The molecule has 3 atom stereocenters. The second-order valence-corrected chi connectivity index (χ2v) is 11.9. The zero-order chi connectivity index (χ0) is 33.8. The van der Waals surface area contributed by atoms with Crippen molar-refractivity contribution in [3.05, 3.63) is 136 Å². The number of aliphatic hydroxyl groups excluding tert-OH is 1. The van der Waals surface area contributed by atoms with Crippen LogP contribution in [0.5, 0.6) is 0 Å². The van der Waals surface area contributed by atoms with Crippen LogP contribution in [0.4, 0.5) is 27.6 Å². The fourth-order valence-corrected chi connectivity index (χ4v) is 6.05. The number of piperazine rings is 1. The lowest BCUT2D eigenvalue weighted by Gasteiger charge is -2.41. The average Bonchev–Trinajstić information content (AvgIpc) is 3.11. The van der Waals surface area contributed by atoms with E-state index in [9.17, 15) is 31.9 Å². The Morgan fingerprint density at radius 3 is 2.04 bits per heavy atom. The molecule has 4 aromatic carbocycles. The summed E-state index contributed by atoms with van der Waals surface area (Å²) in [5.74, 6) is -12.7. The molecule has 0 aromatic heterocycles. The number of hydrogen-bond donors (Lipinski definition) is 2. The van der Waals surface area contributed by atoms with Crippen LogP contribution in [-0.4, -0.2) is 59.6 Å². The highest BCUT2D eigenvalue weighted by molar-refractivity contribution is 6.04. The number of halogens is 5. The predicted molar refractivity (Wildman–Crippen MR) is 167 cm³/mol. The molecule has 48 heavy (non-hydrogen) atoms. The normalized spacial score (nSPS) is 20.5. The zero-order valence-electron chi connectivity index (χ0n) is 25.9. The van der Waals surface area contributed by atoms with Gasteiger partial charge in [0.05, 0.1) is 18.8 Å². The van der Waals surface area contributed by atoms with Gasteiger partial charge in [0.15, 0.2) is 29.6 Å². The van der Waals surface area contributed by atoms with E-state index in [2.05, 4.69) is 27.2 Å². The van der Waals surface area contributed by atoms with E-state index in [-0.39, 0.29) is 24.5 Å². The number of anilines is 1. The van der Waals surface area contributed by atoms with Crippen molar-refractivity contribution in [2.45, 2.75) is 38.1 Å². The molecule has 2 fully saturated rings. The highest BCUT2D eigenvalue weighted by Gasteiger charge is 2.34. The smallest absolute Gasteiger partial charge is 0.261 e. The summed E-state index contributed by atoms with van der Waals surface area (Å²) < 4.78 is 82.4. The van der Waals surface area contributed by atoms with E-state index in [4.69, 9.17) is 9.47 Å². The van der Waals surface area contributed by atoms with Crippen LogP contribution < -0.4 is 5.32 Å². The lowest BCUT2D eigenvalue weighted by Crippen LogP contribution is -2.49. The minimum atomic E-state index is -2.35. The van der Waals surface area contributed by atoms with Gasteiger partial charge in [-0.25, -0.2) is 22.0 Å². The number of carbonyl (C=O) groups excluding carboxylic acids is 1. The van der Waals surface area contributed by atoms with E-state index in [0.717, 1.165) is 43.9 Å². The van der Waals surface area contributed by atoms with Crippen LogP contribution in [0.15, 0.2) is 78.9 Å². The van der Waals surface area contributed by atoms with Gasteiger partial charge in [0, 0.05) is 56.9 Å². The molecule has 0 aliphatic carbocycles. The zero-order valence-corrected chi connectivity index (χ0v) is 25.9. The summed E-state index contributed by atoms with van der Waals surface area (Å²) in [4.78, 5) is 17.5. The monoisotopic (exact) mass is 667 g/mol. The van der Waals surface area contributed by atoms with Gasteiger partial charge in [-0.05, 0) is 28.8 Å². The Morgan fingerprint density at radius 1 is 0.729 bits per heavy atom. The summed E-state index contributed by atoms with van der Waals surface area (Å²) in [6.45, 7) is 4.94. The Kier molecular flexibility index (Phi) is 10.5. The topological polar surface area (TPSA) is 74.3 Å². The van der Waals surface area contributed by atoms with Gasteiger partial charge >= 0.3 is 0 Å². The number of carbonyl (C=O) groups is 1. The number of amides is 1. The standard InChI is InChI=1S/C36H34F5N3O4/c37-30-29(31(38)33(40)34(41)32(30)39)35(46)42-26-8-4-7-25(17-26)36-47-27(18-28(48-36)24-11-9-23(21-45)10-12-24)20-44-15-13-43(14-16-44)19-22-5-2-1-3-6-22/h1-12,17,27-28,36,45H,13-16,18-21H2,(H,42,46)/t27-,28+,36+/m0/s1. The van der Waals surface area contributed by atoms with Crippen molar-refractivity contribution in [2.24, 2.45) is 0 Å². The maximum atomic E-state index is 14.3. The van der Waals surface area contributed by atoms with Crippen molar-refractivity contribution in [3.63, 3.8) is 0 Å². The number of aliphatic hydroxyl groups is 1. The molecule has 4 aromatic rings. The van der Waals surface area contributed by atoms with Crippen molar-refractivity contribution in [2.75, 3.05) is 38.0 Å². The number of ether oxygens (including phenoxy) is 2. The van der Waals surface area contributed by atoms with Gasteiger partial charge in [0.25, 0.3) is 5.91 Å². The number of hydrogen-bond acceptors (Lipinski definition) is 6. The largest absolute Gasteiger partial charge is 0.392 e. The molecule has 2 aliphatic heterocycles. The average molecular weight is 668 g/mol. The molecule has 0 spiro atoms. The molecule has 7 nitrogen and oxygen atoms in total. The van der Waals surface area contributed by atoms with E-state index < -0.39 is 46.8 Å². The first kappa shape index (κ1) is 33.7. The molecule has 252 valence electrons. The lowest BCUT2D eigenvalue weighted by molar-refractivity contribution is -0.253. The Bertz CT molecular complexity index is 1710. The molecule has 2 saturated heterocycles. The summed E-state index contributed by atoms with van der Waals surface area (Å²) in [6, 6.07) is 23.8. The summed E-state index contributed by atoms with van der Waals surface area (Å²) in [7, 11) is 0. The SMILES string of the molecule is O=C(Nc1cccc([C@@H]2O[C@H](CN3CCN(Cc4ccccc4)CC3)C[C@H](c3ccc(CO)cc3)O2)c1)c1c(F)c(F)c(F)c(F)c1F. The first-order valence-corrected chi connectivity index (χ1v) is 15.6. The third-order valence-corrected chi connectivity index (χ3v) is 8.64. The minimum absolute atomic E-state index is 0.0363. The van der Waals surface area contributed by atoms with Gasteiger partial charge in [-0.3, -0.25) is 14.6 Å². The molecule has 0 saturated carbocycles. The van der Waals surface area contributed by atoms with E-state index >= 15 is 0 Å². The molecule has 2 N–H and O–H groups in total. The molecule has 2 heterocycles. The van der Waals surface area contributed by atoms with Gasteiger partial charge in [-0.15, -0.1) is 0 Å². The van der Waals surface area contributed by atoms with Crippen molar-refractivity contribution < 1.29 is 41.3 Å². The van der Waals surface area contributed by atoms with E-state index in [0.29, 0.717) is 18.5 Å². The highest BCUT2D eigenvalue weighted by Crippen LogP contribution is 2.39. The number of rotatable bonds is 9. The summed E-state index contributed by atoms with van der Waals surface area (Å²) in [5.41, 5.74) is 1.83. The fraction of sp³-hybridized carbons (Fsp3) is 0.306. The molecule has 0 bridgehead atoms. The lowest BCUT2D eigenvalue weighted by atomic mass is 9.99. The van der Waals surface area contributed by atoms with Gasteiger partial charge in [0.2, 0.25) is 5.82 Å². The van der Waals surface area contributed by atoms with Gasteiger partial charge in [-0.2, -0.15) is 0 Å². The third-order valence-electron chi connectivity index (χ3n) is 8.64. The molecule has 2 aliphatic rings. The van der Waals surface area contributed by atoms with E-state index in [1.165, 1.54) is 17.7 Å². The maximum absolute atomic E-state index is 14.3. The third kappa shape index (κ3) is 7.58. The first-order chi connectivity index (χ1) is 23.2. The molecule has 12 heteroatoms. The van der Waals surface area contributed by atoms with Crippen molar-refractivity contribution in [1.82, 2.24) is 9.80 Å². The van der Waals surface area contributed by atoms with Crippen molar-refractivity contribution >= 4 is 11.6 Å². The van der Waals surface area contributed by atoms with Crippen LogP contribution in [0.3, 0.4) is 0 Å². The number of nitrogens with zero attached hydrogens (tertiary/aromatic N) is 2. The summed E-state index contributed by atoms with van der Waals surface area (Å²) in [6.07, 6.45) is -0.988.